The molecule has 7 rings (SSSR count). The molecule has 5 heterocycles. The maximum absolute atomic E-state index is 13.5. The highest BCUT2D eigenvalue weighted by molar-refractivity contribution is 7.19. The van der Waals surface area contributed by atoms with E-state index in [9.17, 15) is 4.79 Å². The highest BCUT2D eigenvalue weighted by Gasteiger charge is 2.33. The third kappa shape index (κ3) is 4.39. The fourth-order valence-corrected chi connectivity index (χ4v) is 6.97. The number of nitrogens with zero attached hydrogens (tertiary/aromatic N) is 6. The van der Waals surface area contributed by atoms with Gasteiger partial charge in [0.1, 0.15) is 17.0 Å². The van der Waals surface area contributed by atoms with Gasteiger partial charge >= 0.3 is 0 Å². The third-order valence-electron chi connectivity index (χ3n) is 7.71. The molecule has 4 aromatic heterocycles. The molecular formula is C28H28N8OS. The SMILES string of the molecule is O=C(C1CCc2c(sc3ncnc(Nc4ccc5[nH]ncc5c4)c23)C1)N1CCN(Cc2cccnc2)CC1. The number of hydrogen-bond acceptors (Lipinski definition) is 8. The molecule has 1 saturated heterocycles. The molecule has 1 unspecified atom stereocenters. The molecule has 1 atom stereocenters. The first kappa shape index (κ1) is 23.2. The summed E-state index contributed by atoms with van der Waals surface area (Å²) in [6.07, 6.45) is 9.68. The summed E-state index contributed by atoms with van der Waals surface area (Å²) in [5.41, 5.74) is 4.48. The molecule has 0 spiro atoms. The van der Waals surface area contributed by atoms with E-state index in [4.69, 9.17) is 0 Å². The number of piperazine rings is 1. The number of rotatable bonds is 5. The van der Waals surface area contributed by atoms with Crippen molar-refractivity contribution in [2.45, 2.75) is 25.8 Å². The van der Waals surface area contributed by atoms with Crippen LogP contribution in [0, 0.1) is 5.92 Å². The zero-order valence-electron chi connectivity index (χ0n) is 20.9. The Morgan fingerprint density at radius 1 is 1.13 bits per heavy atom. The Balaban J connectivity index is 1.05. The molecule has 0 saturated carbocycles. The Hall–Kier alpha value is -3.89. The van der Waals surface area contributed by atoms with Crippen molar-refractivity contribution in [2.75, 3.05) is 31.5 Å². The van der Waals surface area contributed by atoms with Crippen LogP contribution in [0.2, 0.25) is 0 Å². The van der Waals surface area contributed by atoms with Crippen LogP contribution in [-0.2, 0) is 24.2 Å². The fraction of sp³-hybridized carbons (Fsp3) is 0.321. The lowest BCUT2D eigenvalue weighted by Crippen LogP contribution is -2.50. The molecule has 10 heteroatoms. The van der Waals surface area contributed by atoms with E-state index in [2.05, 4.69) is 52.4 Å². The number of aryl methyl sites for hydroxylation is 1. The van der Waals surface area contributed by atoms with Gasteiger partial charge in [0, 0.05) is 67.0 Å². The van der Waals surface area contributed by atoms with Crippen LogP contribution in [0.3, 0.4) is 0 Å². The molecule has 0 bridgehead atoms. The summed E-state index contributed by atoms with van der Waals surface area (Å²) >= 11 is 1.71. The van der Waals surface area contributed by atoms with Crippen molar-refractivity contribution in [3.8, 4) is 0 Å². The van der Waals surface area contributed by atoms with Crippen LogP contribution in [0.1, 0.15) is 22.4 Å². The van der Waals surface area contributed by atoms with Gasteiger partial charge in [-0.2, -0.15) is 5.10 Å². The molecule has 1 amide bonds. The average Bonchev–Trinajstić information content (AvgIpc) is 3.58. The molecular weight excluding hydrogens is 496 g/mol. The number of H-pyrrole nitrogens is 1. The molecule has 0 radical (unpaired) electrons. The van der Waals surface area contributed by atoms with Crippen LogP contribution in [0.15, 0.2) is 55.2 Å². The molecule has 2 aliphatic rings. The van der Waals surface area contributed by atoms with Gasteiger partial charge in [-0.15, -0.1) is 11.3 Å². The molecule has 2 N–H and O–H groups in total. The minimum absolute atomic E-state index is 0.0355. The van der Waals surface area contributed by atoms with Gasteiger partial charge in [0.25, 0.3) is 0 Å². The van der Waals surface area contributed by atoms with Gasteiger partial charge in [-0.05, 0) is 54.7 Å². The number of anilines is 2. The first-order valence-corrected chi connectivity index (χ1v) is 13.9. The van der Waals surface area contributed by atoms with Gasteiger partial charge in [-0.3, -0.25) is 19.8 Å². The number of carbonyl (C=O) groups is 1. The van der Waals surface area contributed by atoms with E-state index >= 15 is 0 Å². The topological polar surface area (TPSA) is 103 Å². The summed E-state index contributed by atoms with van der Waals surface area (Å²) in [4.78, 5) is 33.6. The van der Waals surface area contributed by atoms with Gasteiger partial charge < -0.3 is 10.2 Å². The predicted octanol–water partition coefficient (Wildman–Crippen LogP) is 4.16. The molecule has 1 aliphatic heterocycles. The average molecular weight is 525 g/mol. The highest BCUT2D eigenvalue weighted by Crippen LogP contribution is 2.41. The maximum atomic E-state index is 13.5. The van der Waals surface area contributed by atoms with Gasteiger partial charge in [0.05, 0.1) is 17.1 Å². The normalized spacial score (nSPS) is 18.1. The molecule has 192 valence electrons. The number of benzene rings is 1. The van der Waals surface area contributed by atoms with Crippen molar-refractivity contribution in [2.24, 2.45) is 5.92 Å². The summed E-state index contributed by atoms with van der Waals surface area (Å²) in [5.74, 6) is 1.16. The van der Waals surface area contributed by atoms with Crippen molar-refractivity contribution < 1.29 is 4.79 Å². The van der Waals surface area contributed by atoms with Crippen LogP contribution in [0.4, 0.5) is 11.5 Å². The second kappa shape index (κ2) is 9.77. The lowest BCUT2D eigenvalue weighted by atomic mass is 9.86. The van der Waals surface area contributed by atoms with E-state index < -0.39 is 0 Å². The standard InChI is InChI=1S/C28H28N8OS/c37-28(36-10-8-35(9-11-36)16-18-2-1-7-29-14-18)19-3-5-22-24(13-19)38-27-25(22)26(30-17-31-27)33-21-4-6-23-20(12-21)15-32-34-23/h1-2,4,6-7,12,14-15,17,19H,3,5,8-11,13,16H2,(H,32,34)(H,30,31,33). The summed E-state index contributed by atoms with van der Waals surface area (Å²) in [6.45, 7) is 4.26. The molecule has 1 aromatic carbocycles. The number of carbonyl (C=O) groups excluding carboxylic acids is 1. The quantitative estimate of drug-likeness (QED) is 0.356. The van der Waals surface area contributed by atoms with E-state index in [0.717, 1.165) is 84.6 Å². The number of aromatic nitrogens is 5. The lowest BCUT2D eigenvalue weighted by molar-refractivity contribution is -0.137. The Labute approximate surface area is 223 Å². The van der Waals surface area contributed by atoms with Crippen LogP contribution in [-0.4, -0.2) is 67.0 Å². The number of aromatic amines is 1. The molecule has 1 fully saturated rings. The third-order valence-corrected chi connectivity index (χ3v) is 8.87. The van der Waals surface area contributed by atoms with Gasteiger partial charge in [-0.25, -0.2) is 9.97 Å². The highest BCUT2D eigenvalue weighted by atomic mass is 32.1. The minimum Gasteiger partial charge on any atom is -0.340 e. The van der Waals surface area contributed by atoms with Crippen molar-refractivity contribution in [1.29, 1.82) is 0 Å². The summed E-state index contributed by atoms with van der Waals surface area (Å²) in [5, 5.41) is 12.7. The number of thiophene rings is 1. The van der Waals surface area contributed by atoms with Gasteiger partial charge in [-0.1, -0.05) is 6.07 Å². The van der Waals surface area contributed by atoms with Crippen molar-refractivity contribution in [3.63, 3.8) is 0 Å². The second-order valence-corrected chi connectivity index (χ2v) is 11.2. The summed E-state index contributed by atoms with van der Waals surface area (Å²) < 4.78 is 0. The first-order valence-electron chi connectivity index (χ1n) is 13.1. The van der Waals surface area contributed by atoms with Crippen LogP contribution in [0.5, 0.6) is 0 Å². The molecule has 9 nitrogen and oxygen atoms in total. The van der Waals surface area contributed by atoms with E-state index in [-0.39, 0.29) is 5.92 Å². The van der Waals surface area contributed by atoms with E-state index in [1.54, 1.807) is 23.9 Å². The van der Waals surface area contributed by atoms with Gasteiger partial charge in [0.2, 0.25) is 5.91 Å². The largest absolute Gasteiger partial charge is 0.340 e. The summed E-state index contributed by atoms with van der Waals surface area (Å²) in [7, 11) is 0. The monoisotopic (exact) mass is 524 g/mol. The van der Waals surface area contributed by atoms with Gasteiger partial charge in [0.15, 0.2) is 0 Å². The van der Waals surface area contributed by atoms with Crippen molar-refractivity contribution in [1.82, 2.24) is 34.9 Å². The maximum Gasteiger partial charge on any atom is 0.226 e. The Bertz CT molecular complexity index is 1610. The number of nitrogens with one attached hydrogen (secondary N) is 2. The van der Waals surface area contributed by atoms with Crippen LogP contribution < -0.4 is 5.32 Å². The van der Waals surface area contributed by atoms with Crippen LogP contribution >= 0.6 is 11.3 Å². The second-order valence-electron chi connectivity index (χ2n) is 10.1. The Morgan fingerprint density at radius 3 is 2.92 bits per heavy atom. The summed E-state index contributed by atoms with van der Waals surface area (Å²) in [6, 6.07) is 10.2. The number of hydrogen-bond donors (Lipinski definition) is 2. The lowest BCUT2D eigenvalue weighted by Gasteiger charge is -2.37. The zero-order chi connectivity index (χ0) is 25.5. The zero-order valence-corrected chi connectivity index (χ0v) is 21.7. The number of amides is 1. The van der Waals surface area contributed by atoms with Crippen LogP contribution in [0.25, 0.3) is 21.1 Å². The number of pyridine rings is 1. The Morgan fingerprint density at radius 2 is 2.05 bits per heavy atom. The van der Waals surface area contributed by atoms with Crippen molar-refractivity contribution in [3.05, 3.63) is 71.3 Å². The predicted molar refractivity (Wildman–Crippen MR) is 148 cm³/mol. The van der Waals surface area contributed by atoms with E-state index in [1.165, 1.54) is 16.0 Å². The Kier molecular flexibility index (Phi) is 5.98. The smallest absolute Gasteiger partial charge is 0.226 e. The minimum atomic E-state index is 0.0355. The van der Waals surface area contributed by atoms with E-state index in [0.29, 0.717) is 5.91 Å². The first-order chi connectivity index (χ1) is 18.7. The molecule has 1 aliphatic carbocycles. The fourth-order valence-electron chi connectivity index (χ4n) is 5.71. The van der Waals surface area contributed by atoms with E-state index in [1.807, 2.05) is 30.6 Å². The number of fused-ring (bicyclic) bond motifs is 4. The molecule has 38 heavy (non-hydrogen) atoms. The molecule has 5 aromatic rings. The van der Waals surface area contributed by atoms with Crippen molar-refractivity contribution >= 4 is 49.9 Å².